The van der Waals surface area contributed by atoms with E-state index < -0.39 is 11.9 Å². The van der Waals surface area contributed by atoms with Gasteiger partial charge in [-0.3, -0.25) is 0 Å². The van der Waals surface area contributed by atoms with Crippen LogP contribution in [0.1, 0.15) is 168 Å². The summed E-state index contributed by atoms with van der Waals surface area (Å²) in [6, 6.07) is 0. The van der Waals surface area contributed by atoms with E-state index in [0.717, 1.165) is 25.7 Å². The van der Waals surface area contributed by atoms with Crippen molar-refractivity contribution in [3.63, 3.8) is 0 Å². The van der Waals surface area contributed by atoms with E-state index in [0.29, 0.717) is 0 Å². The van der Waals surface area contributed by atoms with E-state index in [9.17, 15) is 19.8 Å². The SMILES string of the molecule is CCCCCCCCCCCCCC(=O)[O-].CCCCCCCCCCCCCC(=O)[O-].[Co+2]. The Hall–Kier alpha value is -0.554. The number of carbonyl (C=O) groups is 2. The third-order valence-corrected chi connectivity index (χ3v) is 5.97. The molecule has 0 aromatic heterocycles. The maximum absolute atomic E-state index is 10.1. The molecule has 0 heterocycles. The molecular weight excluding hydrogens is 459 g/mol. The topological polar surface area (TPSA) is 80.3 Å². The van der Waals surface area contributed by atoms with Crippen molar-refractivity contribution in [1.29, 1.82) is 0 Å². The Bertz CT molecular complexity index is 352. The van der Waals surface area contributed by atoms with Gasteiger partial charge < -0.3 is 19.8 Å². The summed E-state index contributed by atoms with van der Waals surface area (Å²) in [4.78, 5) is 20.3. The molecule has 0 spiro atoms. The monoisotopic (exact) mass is 513 g/mol. The van der Waals surface area contributed by atoms with Crippen molar-refractivity contribution in [2.45, 2.75) is 168 Å². The average Bonchev–Trinajstić information content (AvgIpc) is 2.76. The van der Waals surface area contributed by atoms with E-state index in [1.54, 1.807) is 0 Å². The minimum Gasteiger partial charge on any atom is -0.550 e. The molecule has 0 aliphatic carbocycles. The number of carboxylic acid groups (broad SMARTS) is 2. The van der Waals surface area contributed by atoms with Gasteiger partial charge in [-0.15, -0.1) is 0 Å². The summed E-state index contributed by atoms with van der Waals surface area (Å²) in [5.74, 6) is -1.81. The molecule has 1 radical (unpaired) electrons. The van der Waals surface area contributed by atoms with Gasteiger partial charge in [0, 0.05) is 11.9 Å². The van der Waals surface area contributed by atoms with Crippen LogP contribution in [0.4, 0.5) is 0 Å². The molecule has 0 unspecified atom stereocenters. The predicted molar refractivity (Wildman–Crippen MR) is 132 cm³/mol. The Labute approximate surface area is 216 Å². The van der Waals surface area contributed by atoms with Gasteiger partial charge in [0.05, 0.1) is 0 Å². The first-order chi connectivity index (χ1) is 15.5. The molecule has 0 N–H and O–H groups in total. The van der Waals surface area contributed by atoms with Crippen LogP contribution in [0.2, 0.25) is 0 Å². The second kappa shape index (κ2) is 33.6. The third-order valence-electron chi connectivity index (χ3n) is 5.97. The fraction of sp³-hybridized carbons (Fsp3) is 0.929. The largest absolute Gasteiger partial charge is 2.00 e. The van der Waals surface area contributed by atoms with Crippen molar-refractivity contribution in [3.8, 4) is 0 Å². The van der Waals surface area contributed by atoms with Crippen molar-refractivity contribution >= 4 is 11.9 Å². The van der Waals surface area contributed by atoms with Crippen LogP contribution in [0.15, 0.2) is 0 Å². The summed E-state index contributed by atoms with van der Waals surface area (Å²) in [6.07, 6.45) is 28.1. The number of carboxylic acids is 2. The Balaban J connectivity index is -0.000000529. The number of unbranched alkanes of at least 4 members (excludes halogenated alkanes) is 20. The van der Waals surface area contributed by atoms with Crippen LogP contribution in [-0.2, 0) is 26.4 Å². The number of rotatable bonds is 24. The van der Waals surface area contributed by atoms with E-state index in [-0.39, 0.29) is 29.6 Å². The molecule has 5 heteroatoms. The first kappa shape index (κ1) is 37.0. The molecular formula is C28H54CoO4. The molecule has 0 fully saturated rings. The number of aliphatic carboxylic acids is 2. The molecule has 0 aromatic carbocycles. The smallest absolute Gasteiger partial charge is 0.550 e. The zero-order valence-electron chi connectivity index (χ0n) is 21.9. The number of hydrogen-bond acceptors (Lipinski definition) is 4. The fourth-order valence-corrected chi connectivity index (χ4v) is 3.87. The second-order valence-corrected chi connectivity index (χ2v) is 9.32. The van der Waals surface area contributed by atoms with E-state index >= 15 is 0 Å². The molecule has 33 heavy (non-hydrogen) atoms. The normalized spacial score (nSPS) is 10.2. The molecule has 0 aliphatic rings. The first-order valence-electron chi connectivity index (χ1n) is 13.9. The van der Waals surface area contributed by atoms with Crippen molar-refractivity contribution in [3.05, 3.63) is 0 Å². The standard InChI is InChI=1S/2C14H28O2.Co/c2*1-2-3-4-5-6-7-8-9-10-11-12-13-14(15)16;/h2*2-13H2,1H3,(H,15,16);/q;;+2/p-2. The molecule has 0 saturated carbocycles. The summed E-state index contributed by atoms with van der Waals surface area (Å²) in [7, 11) is 0. The Morgan fingerprint density at radius 1 is 0.394 bits per heavy atom. The fourth-order valence-electron chi connectivity index (χ4n) is 3.87. The van der Waals surface area contributed by atoms with Crippen LogP contribution < -0.4 is 10.2 Å². The molecule has 0 bridgehead atoms. The average molecular weight is 514 g/mol. The minimum absolute atomic E-state index is 0. The van der Waals surface area contributed by atoms with Crippen LogP contribution in [0, 0.1) is 0 Å². The molecule has 0 aliphatic heterocycles. The van der Waals surface area contributed by atoms with Gasteiger partial charge in [-0.1, -0.05) is 142 Å². The van der Waals surface area contributed by atoms with Crippen LogP contribution >= 0.6 is 0 Å². The summed E-state index contributed by atoms with van der Waals surface area (Å²) in [5.41, 5.74) is 0. The zero-order valence-corrected chi connectivity index (χ0v) is 23.0. The Morgan fingerprint density at radius 2 is 0.576 bits per heavy atom. The van der Waals surface area contributed by atoms with E-state index in [1.165, 1.54) is 116 Å². The van der Waals surface area contributed by atoms with Crippen LogP contribution in [0.25, 0.3) is 0 Å². The van der Waals surface area contributed by atoms with E-state index in [4.69, 9.17) is 0 Å². The summed E-state index contributed by atoms with van der Waals surface area (Å²) in [5, 5.41) is 20.3. The van der Waals surface area contributed by atoms with Crippen LogP contribution in [0.5, 0.6) is 0 Å². The van der Waals surface area contributed by atoms with Gasteiger partial charge >= 0.3 is 16.8 Å². The molecule has 0 atom stereocenters. The number of carbonyl (C=O) groups excluding carboxylic acids is 2. The maximum atomic E-state index is 10.1. The van der Waals surface area contributed by atoms with Crippen molar-refractivity contribution in [2.24, 2.45) is 0 Å². The van der Waals surface area contributed by atoms with Gasteiger partial charge in [-0.25, -0.2) is 0 Å². The van der Waals surface area contributed by atoms with Gasteiger partial charge in [-0.05, 0) is 25.7 Å². The summed E-state index contributed by atoms with van der Waals surface area (Å²) < 4.78 is 0. The summed E-state index contributed by atoms with van der Waals surface area (Å²) >= 11 is 0. The van der Waals surface area contributed by atoms with Gasteiger partial charge in [-0.2, -0.15) is 0 Å². The molecule has 0 saturated heterocycles. The third kappa shape index (κ3) is 42.1. The van der Waals surface area contributed by atoms with Gasteiger partial charge in [0.15, 0.2) is 0 Å². The Morgan fingerprint density at radius 3 is 0.758 bits per heavy atom. The van der Waals surface area contributed by atoms with Crippen LogP contribution in [0.3, 0.4) is 0 Å². The Kier molecular flexibility index (Phi) is 37.7. The molecule has 0 aromatic rings. The predicted octanol–water partition coefficient (Wildman–Crippen LogP) is 6.87. The van der Waals surface area contributed by atoms with E-state index in [1.807, 2.05) is 0 Å². The van der Waals surface area contributed by atoms with Gasteiger partial charge in [0.25, 0.3) is 0 Å². The van der Waals surface area contributed by atoms with Crippen LogP contribution in [-0.4, -0.2) is 11.9 Å². The van der Waals surface area contributed by atoms with Crippen molar-refractivity contribution in [1.82, 2.24) is 0 Å². The quantitative estimate of drug-likeness (QED) is 0.132. The summed E-state index contributed by atoms with van der Waals surface area (Å²) in [6.45, 7) is 4.49. The zero-order chi connectivity index (χ0) is 24.1. The van der Waals surface area contributed by atoms with Crippen molar-refractivity contribution < 1.29 is 36.6 Å². The molecule has 4 nitrogen and oxygen atoms in total. The molecule has 0 rings (SSSR count). The molecule has 0 amide bonds. The molecule has 199 valence electrons. The second-order valence-electron chi connectivity index (χ2n) is 9.32. The van der Waals surface area contributed by atoms with Crippen molar-refractivity contribution in [2.75, 3.05) is 0 Å². The van der Waals surface area contributed by atoms with Gasteiger partial charge in [0.1, 0.15) is 0 Å². The maximum Gasteiger partial charge on any atom is 2.00 e. The minimum atomic E-state index is -0.907. The first-order valence-corrected chi connectivity index (χ1v) is 13.9. The van der Waals surface area contributed by atoms with Gasteiger partial charge in [0.2, 0.25) is 0 Å². The van der Waals surface area contributed by atoms with E-state index in [2.05, 4.69) is 13.8 Å². The number of hydrogen-bond donors (Lipinski definition) is 0.